The molecule has 2 N–H and O–H groups in total. The molecule has 0 radical (unpaired) electrons. The van der Waals surface area contributed by atoms with Gasteiger partial charge in [-0.1, -0.05) is 12.1 Å². The van der Waals surface area contributed by atoms with Crippen LogP contribution in [0.2, 0.25) is 0 Å². The molecule has 0 atom stereocenters. The van der Waals surface area contributed by atoms with E-state index >= 15 is 0 Å². The predicted molar refractivity (Wildman–Crippen MR) is 101 cm³/mol. The number of amides is 1. The highest BCUT2D eigenvalue weighted by Crippen LogP contribution is 2.25. The van der Waals surface area contributed by atoms with Gasteiger partial charge in [-0.3, -0.25) is 14.9 Å². The van der Waals surface area contributed by atoms with Gasteiger partial charge in [0.05, 0.1) is 16.2 Å². The summed E-state index contributed by atoms with van der Waals surface area (Å²) in [6.45, 7) is -0.495. The second-order valence-corrected chi connectivity index (χ2v) is 6.01. The van der Waals surface area contributed by atoms with E-state index in [1.807, 2.05) is 12.1 Å². The van der Waals surface area contributed by atoms with Crippen molar-refractivity contribution in [3.8, 4) is 0 Å². The van der Waals surface area contributed by atoms with Crippen molar-refractivity contribution in [3.63, 3.8) is 0 Å². The van der Waals surface area contributed by atoms with Crippen LogP contribution in [0.5, 0.6) is 0 Å². The maximum atomic E-state index is 12.0. The maximum Gasteiger partial charge on any atom is 0.338 e. The van der Waals surface area contributed by atoms with Crippen molar-refractivity contribution < 1.29 is 19.2 Å². The minimum absolute atomic E-state index is 0.00667. The quantitative estimate of drug-likeness (QED) is 0.300. The Balaban J connectivity index is 2.00. The highest BCUT2D eigenvalue weighted by atomic mass is 127. The Morgan fingerprint density at radius 3 is 2.56 bits per heavy atom. The number of hydrogen-bond donors (Lipinski definition) is 2. The van der Waals surface area contributed by atoms with Gasteiger partial charge in [-0.2, -0.15) is 0 Å². The molecule has 0 fully saturated rings. The molecule has 0 aromatic heterocycles. The molecule has 0 unspecified atom stereocenters. The first-order valence-corrected chi connectivity index (χ1v) is 8.18. The fourth-order valence-electron chi connectivity index (χ4n) is 1.98. The van der Waals surface area contributed by atoms with E-state index in [0.29, 0.717) is 5.69 Å². The van der Waals surface area contributed by atoms with Crippen LogP contribution in [0.1, 0.15) is 10.4 Å². The van der Waals surface area contributed by atoms with Gasteiger partial charge >= 0.3 is 5.97 Å². The van der Waals surface area contributed by atoms with E-state index in [1.165, 1.54) is 19.2 Å². The number of para-hydroxylation sites is 1. The summed E-state index contributed by atoms with van der Waals surface area (Å²) < 4.78 is 5.76. The lowest BCUT2D eigenvalue weighted by Gasteiger charge is -2.08. The lowest BCUT2D eigenvalue weighted by Crippen LogP contribution is -2.21. The fourth-order valence-corrected chi connectivity index (χ4v) is 2.51. The van der Waals surface area contributed by atoms with E-state index < -0.39 is 23.4 Å². The molecule has 9 heteroatoms. The summed E-state index contributed by atoms with van der Waals surface area (Å²) in [7, 11) is 1.54. The van der Waals surface area contributed by atoms with Gasteiger partial charge in [0.25, 0.3) is 11.6 Å². The Hall–Kier alpha value is -2.69. The molecule has 2 aromatic carbocycles. The lowest BCUT2D eigenvalue weighted by atomic mass is 10.1. The van der Waals surface area contributed by atoms with Crippen LogP contribution in [0.4, 0.5) is 17.1 Å². The minimum Gasteiger partial charge on any atom is -0.452 e. The van der Waals surface area contributed by atoms with Crippen molar-refractivity contribution in [2.24, 2.45) is 0 Å². The smallest absolute Gasteiger partial charge is 0.338 e. The first kappa shape index (κ1) is 18.6. The van der Waals surface area contributed by atoms with Crippen molar-refractivity contribution in [2.75, 3.05) is 24.3 Å². The van der Waals surface area contributed by atoms with Crippen molar-refractivity contribution in [1.29, 1.82) is 0 Å². The number of carbonyl (C=O) groups is 2. The summed E-state index contributed by atoms with van der Waals surface area (Å²) >= 11 is 2.07. The molecule has 8 nitrogen and oxygen atoms in total. The highest BCUT2D eigenvalue weighted by molar-refractivity contribution is 14.1. The number of rotatable bonds is 6. The van der Waals surface area contributed by atoms with Crippen LogP contribution in [0.25, 0.3) is 0 Å². The standard InChI is InChI=1S/C16H14IN3O5/c1-18-13-7-6-10(8-14(13)20(23)24)16(22)25-9-15(21)19-12-5-3-2-4-11(12)17/h2-8,18H,9H2,1H3,(H,19,21). The molecule has 0 aliphatic carbocycles. The van der Waals surface area contributed by atoms with Crippen LogP contribution in [0.15, 0.2) is 42.5 Å². The number of nitro benzene ring substituents is 1. The van der Waals surface area contributed by atoms with Crippen LogP contribution >= 0.6 is 22.6 Å². The van der Waals surface area contributed by atoms with Gasteiger partial charge in [-0.05, 0) is 46.9 Å². The molecular formula is C16H14IN3O5. The number of nitro groups is 1. The molecule has 2 aromatic rings. The van der Waals surface area contributed by atoms with E-state index in [1.54, 1.807) is 12.1 Å². The first-order chi connectivity index (χ1) is 11.9. The topological polar surface area (TPSA) is 111 Å². The van der Waals surface area contributed by atoms with E-state index in [4.69, 9.17) is 4.74 Å². The molecule has 0 aliphatic heterocycles. The third-order valence-corrected chi connectivity index (χ3v) is 4.12. The average molecular weight is 455 g/mol. The summed E-state index contributed by atoms with van der Waals surface area (Å²) in [5.41, 5.74) is 0.629. The Labute approximate surface area is 156 Å². The van der Waals surface area contributed by atoms with E-state index in [9.17, 15) is 19.7 Å². The number of esters is 1. The number of carbonyl (C=O) groups excluding carboxylic acids is 2. The van der Waals surface area contributed by atoms with Crippen LogP contribution in [-0.2, 0) is 9.53 Å². The second kappa shape index (κ2) is 8.42. The third kappa shape index (κ3) is 4.89. The Morgan fingerprint density at radius 1 is 1.20 bits per heavy atom. The van der Waals surface area contributed by atoms with Gasteiger partial charge < -0.3 is 15.4 Å². The lowest BCUT2D eigenvalue weighted by molar-refractivity contribution is -0.384. The summed E-state index contributed by atoms with van der Waals surface area (Å²) in [4.78, 5) is 34.3. The van der Waals surface area contributed by atoms with Crippen LogP contribution < -0.4 is 10.6 Å². The van der Waals surface area contributed by atoms with Gasteiger partial charge in [-0.25, -0.2) is 4.79 Å². The molecule has 0 saturated heterocycles. The maximum absolute atomic E-state index is 12.0. The SMILES string of the molecule is CNc1ccc(C(=O)OCC(=O)Nc2ccccc2I)cc1[N+](=O)[O-]. The molecule has 0 heterocycles. The molecule has 0 spiro atoms. The van der Waals surface area contributed by atoms with Crippen molar-refractivity contribution in [1.82, 2.24) is 0 Å². The average Bonchev–Trinajstić information content (AvgIpc) is 2.61. The summed E-state index contributed by atoms with van der Waals surface area (Å²) in [6.07, 6.45) is 0. The Kier molecular flexibility index (Phi) is 6.28. The highest BCUT2D eigenvalue weighted by Gasteiger charge is 2.18. The number of benzene rings is 2. The van der Waals surface area contributed by atoms with E-state index in [0.717, 1.165) is 9.64 Å². The molecule has 2 rings (SSSR count). The van der Waals surface area contributed by atoms with Gasteiger partial charge in [-0.15, -0.1) is 0 Å². The normalized spacial score (nSPS) is 10.0. The van der Waals surface area contributed by atoms with Crippen LogP contribution in [0, 0.1) is 13.7 Å². The zero-order valence-corrected chi connectivity index (χ0v) is 15.3. The summed E-state index contributed by atoms with van der Waals surface area (Å²) in [6, 6.07) is 11.0. The number of hydrogen-bond acceptors (Lipinski definition) is 6. The van der Waals surface area contributed by atoms with Crippen LogP contribution in [0.3, 0.4) is 0 Å². The fraction of sp³-hybridized carbons (Fsp3) is 0.125. The molecule has 0 saturated carbocycles. The summed E-state index contributed by atoms with van der Waals surface area (Å²) in [5.74, 6) is -1.32. The van der Waals surface area contributed by atoms with E-state index in [-0.39, 0.29) is 16.9 Å². The first-order valence-electron chi connectivity index (χ1n) is 7.10. The van der Waals surface area contributed by atoms with E-state index in [2.05, 4.69) is 33.2 Å². The number of halogens is 1. The molecule has 1 amide bonds. The second-order valence-electron chi connectivity index (χ2n) is 4.84. The predicted octanol–water partition coefficient (Wildman–Crippen LogP) is 3.04. The Bertz CT molecular complexity index is 825. The van der Waals surface area contributed by atoms with Gasteiger partial charge in [0.15, 0.2) is 6.61 Å². The monoisotopic (exact) mass is 455 g/mol. The van der Waals surface area contributed by atoms with Gasteiger partial charge in [0.1, 0.15) is 5.69 Å². The van der Waals surface area contributed by atoms with Gasteiger partial charge in [0, 0.05) is 16.7 Å². The molecule has 0 bridgehead atoms. The minimum atomic E-state index is -0.816. The van der Waals surface area contributed by atoms with Crippen molar-refractivity contribution >= 4 is 51.5 Å². The number of anilines is 2. The number of ether oxygens (including phenoxy) is 1. The molecular weight excluding hydrogens is 441 g/mol. The number of nitrogens with zero attached hydrogens (tertiary/aromatic N) is 1. The molecule has 130 valence electrons. The molecule has 25 heavy (non-hydrogen) atoms. The van der Waals surface area contributed by atoms with Crippen molar-refractivity contribution in [3.05, 3.63) is 61.7 Å². The van der Waals surface area contributed by atoms with Gasteiger partial charge in [0.2, 0.25) is 0 Å². The summed E-state index contributed by atoms with van der Waals surface area (Å²) in [5, 5.41) is 16.3. The zero-order valence-electron chi connectivity index (χ0n) is 13.1. The third-order valence-electron chi connectivity index (χ3n) is 3.18. The number of nitrogens with one attached hydrogen (secondary N) is 2. The van der Waals surface area contributed by atoms with Crippen LogP contribution in [-0.4, -0.2) is 30.5 Å². The zero-order chi connectivity index (χ0) is 18.4. The largest absolute Gasteiger partial charge is 0.452 e. The van der Waals surface area contributed by atoms with Crippen molar-refractivity contribution in [2.45, 2.75) is 0 Å². The Morgan fingerprint density at radius 2 is 1.92 bits per heavy atom. The molecule has 0 aliphatic rings.